The van der Waals surface area contributed by atoms with Crippen LogP contribution in [-0.4, -0.2) is 43.6 Å². The fourth-order valence-electron chi connectivity index (χ4n) is 2.85. The van der Waals surface area contributed by atoms with Gasteiger partial charge in [0.25, 0.3) is 0 Å². The van der Waals surface area contributed by atoms with E-state index in [1.54, 1.807) is 0 Å². The van der Waals surface area contributed by atoms with Crippen molar-refractivity contribution in [3.05, 3.63) is 65.7 Å². The zero-order valence-electron chi connectivity index (χ0n) is 13.9. The molecule has 2 aromatic rings. The molecular formula is C20H24N2O2. The molecule has 1 aliphatic heterocycles. The first-order valence-corrected chi connectivity index (χ1v) is 8.54. The van der Waals surface area contributed by atoms with Crippen molar-refractivity contribution in [3.8, 4) is 5.75 Å². The van der Waals surface area contributed by atoms with Crippen molar-refractivity contribution in [2.75, 3.05) is 32.8 Å². The van der Waals surface area contributed by atoms with Crippen molar-refractivity contribution < 1.29 is 9.53 Å². The van der Waals surface area contributed by atoms with E-state index in [0.29, 0.717) is 13.2 Å². The highest BCUT2D eigenvalue weighted by atomic mass is 16.5. The molecule has 1 amide bonds. The molecule has 0 unspecified atom stereocenters. The topological polar surface area (TPSA) is 41.6 Å². The first-order chi connectivity index (χ1) is 11.8. The molecule has 2 aromatic carbocycles. The van der Waals surface area contributed by atoms with Gasteiger partial charge in [-0.25, -0.2) is 0 Å². The third kappa shape index (κ3) is 5.10. The Labute approximate surface area is 143 Å². The van der Waals surface area contributed by atoms with E-state index >= 15 is 0 Å². The molecule has 1 saturated heterocycles. The number of piperazine rings is 1. The lowest BCUT2D eigenvalue weighted by Gasteiger charge is -2.26. The maximum absolute atomic E-state index is 11.4. The van der Waals surface area contributed by atoms with E-state index in [2.05, 4.69) is 46.6 Å². The summed E-state index contributed by atoms with van der Waals surface area (Å²) in [7, 11) is 0. The SMILES string of the molecule is O=C1CN(CCc2ccc(OCCc3ccccc3)cc2)CCN1. The highest BCUT2D eigenvalue weighted by Gasteiger charge is 2.15. The Hall–Kier alpha value is -2.33. The molecule has 1 N–H and O–H groups in total. The van der Waals surface area contributed by atoms with Crippen LogP contribution in [0, 0.1) is 0 Å². The van der Waals surface area contributed by atoms with Crippen LogP contribution in [0.4, 0.5) is 0 Å². The van der Waals surface area contributed by atoms with Gasteiger partial charge in [-0.1, -0.05) is 42.5 Å². The quantitative estimate of drug-likeness (QED) is 0.849. The van der Waals surface area contributed by atoms with Gasteiger partial charge in [-0.2, -0.15) is 0 Å². The molecule has 0 aliphatic carbocycles. The number of benzene rings is 2. The third-order valence-corrected chi connectivity index (χ3v) is 4.26. The number of hydrogen-bond donors (Lipinski definition) is 1. The second-order valence-corrected chi connectivity index (χ2v) is 6.10. The highest BCUT2D eigenvalue weighted by molar-refractivity contribution is 5.78. The van der Waals surface area contributed by atoms with Gasteiger partial charge in [0, 0.05) is 26.1 Å². The summed E-state index contributed by atoms with van der Waals surface area (Å²) in [4.78, 5) is 13.6. The van der Waals surface area contributed by atoms with Crippen LogP contribution in [0.3, 0.4) is 0 Å². The van der Waals surface area contributed by atoms with Crippen molar-refractivity contribution in [3.63, 3.8) is 0 Å². The van der Waals surface area contributed by atoms with Crippen LogP contribution in [0.1, 0.15) is 11.1 Å². The predicted octanol–water partition coefficient (Wildman–Crippen LogP) is 2.28. The number of amides is 1. The first kappa shape index (κ1) is 16.5. The summed E-state index contributed by atoms with van der Waals surface area (Å²) in [6.07, 6.45) is 1.87. The molecular weight excluding hydrogens is 300 g/mol. The van der Waals surface area contributed by atoms with Gasteiger partial charge in [0.1, 0.15) is 5.75 Å². The monoisotopic (exact) mass is 324 g/mol. The number of nitrogens with one attached hydrogen (secondary N) is 1. The van der Waals surface area contributed by atoms with Crippen molar-refractivity contribution in [2.24, 2.45) is 0 Å². The van der Waals surface area contributed by atoms with Gasteiger partial charge in [-0.05, 0) is 29.7 Å². The molecule has 4 nitrogen and oxygen atoms in total. The first-order valence-electron chi connectivity index (χ1n) is 8.54. The van der Waals surface area contributed by atoms with Crippen LogP contribution >= 0.6 is 0 Å². The Kier molecular flexibility index (Phi) is 5.85. The Morgan fingerprint density at radius 3 is 2.46 bits per heavy atom. The lowest BCUT2D eigenvalue weighted by Crippen LogP contribution is -2.48. The number of rotatable bonds is 7. The molecule has 0 saturated carbocycles. The molecule has 0 atom stereocenters. The van der Waals surface area contributed by atoms with Crippen molar-refractivity contribution >= 4 is 5.91 Å². The summed E-state index contributed by atoms with van der Waals surface area (Å²) < 4.78 is 5.81. The highest BCUT2D eigenvalue weighted by Crippen LogP contribution is 2.13. The number of carbonyl (C=O) groups is 1. The number of hydrogen-bond acceptors (Lipinski definition) is 3. The fraction of sp³-hybridized carbons (Fsp3) is 0.350. The van der Waals surface area contributed by atoms with E-state index in [9.17, 15) is 4.79 Å². The van der Waals surface area contributed by atoms with Crippen LogP contribution in [-0.2, 0) is 17.6 Å². The molecule has 3 rings (SSSR count). The minimum absolute atomic E-state index is 0.128. The summed E-state index contributed by atoms with van der Waals surface area (Å²) in [5.74, 6) is 1.04. The minimum Gasteiger partial charge on any atom is -0.493 e. The number of ether oxygens (including phenoxy) is 1. The molecule has 1 fully saturated rings. The molecule has 4 heteroatoms. The molecule has 1 heterocycles. The Morgan fingerprint density at radius 1 is 0.958 bits per heavy atom. The van der Waals surface area contributed by atoms with E-state index < -0.39 is 0 Å². The summed E-state index contributed by atoms with van der Waals surface area (Å²) in [5.41, 5.74) is 2.57. The van der Waals surface area contributed by atoms with Crippen molar-refractivity contribution in [2.45, 2.75) is 12.8 Å². The van der Waals surface area contributed by atoms with Crippen LogP contribution < -0.4 is 10.1 Å². The molecule has 0 aromatic heterocycles. The average Bonchev–Trinajstić information content (AvgIpc) is 2.62. The largest absolute Gasteiger partial charge is 0.493 e. The lowest BCUT2D eigenvalue weighted by molar-refractivity contribution is -0.124. The summed E-state index contributed by atoms with van der Waals surface area (Å²) in [6, 6.07) is 18.7. The minimum atomic E-state index is 0.128. The van der Waals surface area contributed by atoms with E-state index in [1.807, 2.05) is 18.2 Å². The van der Waals surface area contributed by atoms with Crippen LogP contribution in [0.25, 0.3) is 0 Å². The Bertz CT molecular complexity index is 640. The zero-order valence-corrected chi connectivity index (χ0v) is 13.9. The second kappa shape index (κ2) is 8.50. The van der Waals surface area contributed by atoms with Gasteiger partial charge in [-0.3, -0.25) is 9.69 Å². The normalized spacial score (nSPS) is 15.1. The van der Waals surface area contributed by atoms with Gasteiger partial charge in [0.2, 0.25) is 5.91 Å². The second-order valence-electron chi connectivity index (χ2n) is 6.10. The summed E-state index contributed by atoms with van der Waals surface area (Å²) in [6.45, 7) is 3.81. The molecule has 24 heavy (non-hydrogen) atoms. The smallest absolute Gasteiger partial charge is 0.234 e. The maximum Gasteiger partial charge on any atom is 0.234 e. The van der Waals surface area contributed by atoms with Crippen molar-refractivity contribution in [1.82, 2.24) is 10.2 Å². The Morgan fingerprint density at radius 2 is 1.71 bits per heavy atom. The molecule has 126 valence electrons. The summed E-state index contributed by atoms with van der Waals surface area (Å²) >= 11 is 0. The van der Waals surface area contributed by atoms with Gasteiger partial charge >= 0.3 is 0 Å². The molecule has 0 bridgehead atoms. The third-order valence-electron chi connectivity index (χ3n) is 4.26. The van der Waals surface area contributed by atoms with Gasteiger partial charge < -0.3 is 10.1 Å². The number of nitrogens with zero attached hydrogens (tertiary/aromatic N) is 1. The van der Waals surface area contributed by atoms with Gasteiger partial charge in [-0.15, -0.1) is 0 Å². The van der Waals surface area contributed by atoms with E-state index in [0.717, 1.165) is 38.2 Å². The van der Waals surface area contributed by atoms with Crippen LogP contribution in [0.5, 0.6) is 5.75 Å². The zero-order chi connectivity index (χ0) is 16.6. The van der Waals surface area contributed by atoms with E-state index in [-0.39, 0.29) is 5.91 Å². The summed E-state index contributed by atoms with van der Waals surface area (Å²) in [5, 5.41) is 2.85. The van der Waals surface area contributed by atoms with Gasteiger partial charge in [0.05, 0.1) is 13.2 Å². The molecule has 0 radical (unpaired) electrons. The van der Waals surface area contributed by atoms with Gasteiger partial charge in [0.15, 0.2) is 0 Å². The van der Waals surface area contributed by atoms with Crippen LogP contribution in [0.2, 0.25) is 0 Å². The molecule has 1 aliphatic rings. The maximum atomic E-state index is 11.4. The standard InChI is InChI=1S/C20H24N2O2/c23-20-16-22(14-12-21-20)13-10-18-6-8-19(9-7-18)24-15-11-17-4-2-1-3-5-17/h1-9H,10-16H2,(H,21,23). The van der Waals surface area contributed by atoms with Crippen molar-refractivity contribution in [1.29, 1.82) is 0 Å². The average molecular weight is 324 g/mol. The molecule has 0 spiro atoms. The predicted molar refractivity (Wildman–Crippen MR) is 95.2 cm³/mol. The van der Waals surface area contributed by atoms with E-state index in [4.69, 9.17) is 4.74 Å². The number of carbonyl (C=O) groups excluding carboxylic acids is 1. The fourth-order valence-corrected chi connectivity index (χ4v) is 2.85. The van der Waals surface area contributed by atoms with E-state index in [1.165, 1.54) is 11.1 Å². The van der Waals surface area contributed by atoms with Crippen LogP contribution in [0.15, 0.2) is 54.6 Å². The lowest BCUT2D eigenvalue weighted by atomic mass is 10.1. The Balaban J connectivity index is 1.41.